The molecule has 0 N–H and O–H groups in total. The van der Waals surface area contributed by atoms with Crippen LogP contribution in [0.25, 0.3) is 21.3 Å². The molecule has 1 aliphatic carbocycles. The standard InChI is InChI=1S/C23H19Cl2FN2O3S/c24-12-8-15(22(16(25)9-12)31-19-3-1-2-17(19)26)14-6-7-27-18-10-13(32-23(14)18)11-28-20(29)4-5-21(28)30/h6-10,17,19H,1-5,11H2/t17-,19+/m0/s1. The van der Waals surface area contributed by atoms with Crippen LogP contribution in [0.15, 0.2) is 30.5 Å². The molecule has 0 unspecified atom stereocenters. The molecule has 5 nitrogen and oxygen atoms in total. The summed E-state index contributed by atoms with van der Waals surface area (Å²) in [5.74, 6) is 0.0866. The van der Waals surface area contributed by atoms with E-state index < -0.39 is 12.3 Å². The van der Waals surface area contributed by atoms with Crippen molar-refractivity contribution >= 4 is 56.6 Å². The largest absolute Gasteiger partial charge is 0.485 e. The number of benzene rings is 1. The first-order valence-electron chi connectivity index (χ1n) is 10.4. The van der Waals surface area contributed by atoms with E-state index in [4.69, 9.17) is 27.9 Å². The predicted molar refractivity (Wildman–Crippen MR) is 123 cm³/mol. The molecule has 32 heavy (non-hydrogen) atoms. The van der Waals surface area contributed by atoms with Crippen LogP contribution in [0.1, 0.15) is 37.0 Å². The Balaban J connectivity index is 1.56. The van der Waals surface area contributed by atoms with Crippen molar-refractivity contribution in [1.29, 1.82) is 0 Å². The van der Waals surface area contributed by atoms with Gasteiger partial charge in [-0.2, -0.15) is 0 Å². The van der Waals surface area contributed by atoms with Crippen molar-refractivity contribution in [3.8, 4) is 16.9 Å². The molecule has 3 aromatic rings. The van der Waals surface area contributed by atoms with E-state index in [2.05, 4.69) is 4.98 Å². The summed E-state index contributed by atoms with van der Waals surface area (Å²) in [5.41, 5.74) is 2.20. The number of rotatable bonds is 5. The van der Waals surface area contributed by atoms with Crippen molar-refractivity contribution in [3.63, 3.8) is 0 Å². The Morgan fingerprint density at radius 1 is 1.12 bits per heavy atom. The van der Waals surface area contributed by atoms with Gasteiger partial charge >= 0.3 is 0 Å². The molecule has 1 saturated carbocycles. The number of hydrogen-bond acceptors (Lipinski definition) is 5. The smallest absolute Gasteiger partial charge is 0.230 e. The molecule has 1 aromatic carbocycles. The number of likely N-dealkylation sites (tertiary alicyclic amines) is 1. The third-order valence-electron chi connectivity index (χ3n) is 5.87. The maximum absolute atomic E-state index is 14.3. The average molecular weight is 493 g/mol. The van der Waals surface area contributed by atoms with Crippen LogP contribution in [-0.2, 0) is 16.1 Å². The van der Waals surface area contributed by atoms with E-state index in [-0.39, 0.29) is 31.2 Å². The van der Waals surface area contributed by atoms with Crippen molar-refractivity contribution < 1.29 is 18.7 Å². The lowest BCUT2D eigenvalue weighted by atomic mass is 10.0. The molecule has 2 aliphatic rings. The number of alkyl halides is 1. The number of thiophene rings is 1. The zero-order valence-corrected chi connectivity index (χ0v) is 19.3. The van der Waals surface area contributed by atoms with E-state index in [1.165, 1.54) is 16.2 Å². The van der Waals surface area contributed by atoms with E-state index >= 15 is 0 Å². The highest BCUT2D eigenvalue weighted by Gasteiger charge is 2.31. The summed E-state index contributed by atoms with van der Waals surface area (Å²) < 4.78 is 21.2. The first kappa shape index (κ1) is 21.6. The van der Waals surface area contributed by atoms with E-state index in [1.54, 1.807) is 18.3 Å². The molecule has 3 heterocycles. The molecular weight excluding hydrogens is 474 g/mol. The fraction of sp³-hybridized carbons (Fsp3) is 0.348. The van der Waals surface area contributed by atoms with Gasteiger partial charge < -0.3 is 4.74 Å². The summed E-state index contributed by atoms with van der Waals surface area (Å²) >= 11 is 14.2. The number of pyridine rings is 1. The Morgan fingerprint density at radius 2 is 1.91 bits per heavy atom. The normalized spacial score (nSPS) is 21.2. The van der Waals surface area contributed by atoms with Crippen molar-refractivity contribution in [2.24, 2.45) is 0 Å². The predicted octanol–water partition coefficient (Wildman–Crippen LogP) is 6.19. The number of fused-ring (bicyclic) bond motifs is 1. The molecule has 2 atom stereocenters. The van der Waals surface area contributed by atoms with Crippen LogP contribution in [0.3, 0.4) is 0 Å². The van der Waals surface area contributed by atoms with Crippen molar-refractivity contribution in [2.45, 2.75) is 50.9 Å². The minimum Gasteiger partial charge on any atom is -0.485 e. The summed E-state index contributed by atoms with van der Waals surface area (Å²) in [4.78, 5) is 30.6. The third-order valence-corrected chi connectivity index (χ3v) is 7.51. The van der Waals surface area contributed by atoms with Crippen LogP contribution in [0.2, 0.25) is 10.0 Å². The van der Waals surface area contributed by atoms with Gasteiger partial charge in [0, 0.05) is 40.1 Å². The zero-order valence-electron chi connectivity index (χ0n) is 16.9. The monoisotopic (exact) mass is 492 g/mol. The molecule has 2 fully saturated rings. The van der Waals surface area contributed by atoms with E-state index in [9.17, 15) is 14.0 Å². The quantitative estimate of drug-likeness (QED) is 0.398. The van der Waals surface area contributed by atoms with Crippen LogP contribution in [0, 0.1) is 0 Å². The van der Waals surface area contributed by atoms with Gasteiger partial charge in [0.15, 0.2) is 0 Å². The molecule has 1 saturated heterocycles. The zero-order chi connectivity index (χ0) is 22.4. The van der Waals surface area contributed by atoms with Crippen molar-refractivity contribution in [1.82, 2.24) is 9.88 Å². The summed E-state index contributed by atoms with van der Waals surface area (Å²) in [6.45, 7) is 0.226. The van der Waals surface area contributed by atoms with Gasteiger partial charge in [0.25, 0.3) is 0 Å². The van der Waals surface area contributed by atoms with Crippen LogP contribution >= 0.6 is 34.5 Å². The van der Waals surface area contributed by atoms with Crippen molar-refractivity contribution in [2.75, 3.05) is 0 Å². The number of hydrogen-bond donors (Lipinski definition) is 0. The molecule has 0 spiro atoms. The molecule has 0 bridgehead atoms. The number of imide groups is 1. The van der Waals surface area contributed by atoms with Crippen LogP contribution in [-0.4, -0.2) is 34.0 Å². The van der Waals surface area contributed by atoms with Gasteiger partial charge in [-0.1, -0.05) is 23.2 Å². The molecule has 9 heteroatoms. The molecule has 1 aliphatic heterocycles. The van der Waals surface area contributed by atoms with Gasteiger partial charge in [-0.15, -0.1) is 11.3 Å². The number of aromatic nitrogens is 1. The van der Waals surface area contributed by atoms with Crippen LogP contribution in [0.4, 0.5) is 4.39 Å². The minimum atomic E-state index is -1.03. The highest BCUT2D eigenvalue weighted by molar-refractivity contribution is 7.19. The number of carbonyl (C=O) groups is 2. The Kier molecular flexibility index (Phi) is 5.82. The average Bonchev–Trinajstić information content (AvgIpc) is 3.44. The highest BCUT2D eigenvalue weighted by Crippen LogP contribution is 2.44. The summed E-state index contributed by atoms with van der Waals surface area (Å²) in [5, 5.41) is 0.761. The van der Waals surface area contributed by atoms with E-state index in [1.807, 2.05) is 12.1 Å². The first-order valence-corrected chi connectivity index (χ1v) is 12.0. The highest BCUT2D eigenvalue weighted by atomic mass is 35.5. The van der Waals surface area contributed by atoms with Gasteiger partial charge in [-0.25, -0.2) is 4.39 Å². The molecule has 0 radical (unpaired) electrons. The number of carbonyl (C=O) groups excluding carboxylic acids is 2. The second-order valence-corrected chi connectivity index (χ2v) is 10.0. The van der Waals surface area contributed by atoms with Gasteiger partial charge in [0.1, 0.15) is 18.0 Å². The lowest BCUT2D eigenvalue weighted by Gasteiger charge is -2.20. The summed E-state index contributed by atoms with van der Waals surface area (Å²) in [7, 11) is 0. The maximum Gasteiger partial charge on any atom is 0.230 e. The Hall–Kier alpha value is -2.22. The third kappa shape index (κ3) is 3.98. The fourth-order valence-corrected chi connectivity index (χ4v) is 5.95. The maximum atomic E-state index is 14.3. The number of amides is 2. The summed E-state index contributed by atoms with van der Waals surface area (Å²) in [6.07, 6.45) is 2.49. The SMILES string of the molecule is O=C1CCC(=O)N1Cc1cc2nccc(-c3cc(Cl)cc(Cl)c3O[C@@H]3CCC[C@@H]3F)c2s1. The Morgan fingerprint density at radius 3 is 2.62 bits per heavy atom. The van der Waals surface area contributed by atoms with Crippen LogP contribution < -0.4 is 4.74 Å². The second-order valence-electron chi connectivity index (χ2n) is 8.03. The number of halogens is 3. The van der Waals surface area contributed by atoms with Crippen molar-refractivity contribution in [3.05, 3.63) is 45.4 Å². The van der Waals surface area contributed by atoms with Gasteiger partial charge in [-0.05, 0) is 43.5 Å². The van der Waals surface area contributed by atoms with Gasteiger partial charge in [0.2, 0.25) is 11.8 Å². The first-order chi connectivity index (χ1) is 15.4. The molecular formula is C23H19Cl2FN2O3S. The molecule has 2 amide bonds. The summed E-state index contributed by atoms with van der Waals surface area (Å²) in [6, 6.07) is 7.06. The van der Waals surface area contributed by atoms with E-state index in [0.29, 0.717) is 34.2 Å². The van der Waals surface area contributed by atoms with E-state index in [0.717, 1.165) is 27.1 Å². The topological polar surface area (TPSA) is 59.5 Å². The lowest BCUT2D eigenvalue weighted by Crippen LogP contribution is -2.27. The molecule has 5 rings (SSSR count). The Labute approximate surface area is 198 Å². The fourth-order valence-electron chi connectivity index (χ4n) is 4.28. The molecule has 166 valence electrons. The molecule has 2 aromatic heterocycles. The van der Waals surface area contributed by atoms with Crippen LogP contribution in [0.5, 0.6) is 5.75 Å². The number of nitrogens with zero attached hydrogens (tertiary/aromatic N) is 2. The lowest BCUT2D eigenvalue weighted by molar-refractivity contribution is -0.138. The second kappa shape index (κ2) is 8.61. The van der Waals surface area contributed by atoms with Gasteiger partial charge in [0.05, 0.1) is 21.8 Å². The number of ether oxygens (including phenoxy) is 1. The van der Waals surface area contributed by atoms with Gasteiger partial charge in [-0.3, -0.25) is 19.5 Å². The Bertz CT molecular complexity index is 1220. The minimum absolute atomic E-state index is 0.157.